The summed E-state index contributed by atoms with van der Waals surface area (Å²) in [5.74, 6) is -0.430. The van der Waals surface area contributed by atoms with E-state index in [2.05, 4.69) is 0 Å². The van der Waals surface area contributed by atoms with Crippen molar-refractivity contribution in [3.63, 3.8) is 0 Å². The summed E-state index contributed by atoms with van der Waals surface area (Å²) in [7, 11) is 2.83. The van der Waals surface area contributed by atoms with Crippen LogP contribution in [0.3, 0.4) is 0 Å². The first-order valence-corrected chi connectivity index (χ1v) is 4.60. The lowest BCUT2D eigenvalue weighted by atomic mass is 9.99. The molecule has 4 nitrogen and oxygen atoms in total. The maximum Gasteiger partial charge on any atom is 0.348 e. The molecule has 2 rings (SSSR count). The summed E-state index contributed by atoms with van der Waals surface area (Å²) in [6.45, 7) is 0. The third-order valence-electron chi connectivity index (χ3n) is 2.47. The maximum absolute atomic E-state index is 11.6. The molecule has 1 aromatic carbocycles. The SMILES string of the molecule is COC(=O)C1(c2ccccc2)OC1OC. The van der Waals surface area contributed by atoms with Crippen LogP contribution in [0.15, 0.2) is 30.3 Å². The Balaban J connectivity index is 2.34. The molecular weight excluding hydrogens is 196 g/mol. The predicted octanol–water partition coefficient (Wildman–Crippen LogP) is 1.06. The summed E-state index contributed by atoms with van der Waals surface area (Å²) in [5.41, 5.74) is -0.311. The minimum Gasteiger partial charge on any atom is -0.466 e. The molecule has 1 aliphatic rings. The van der Waals surface area contributed by atoms with E-state index in [4.69, 9.17) is 14.2 Å². The van der Waals surface area contributed by atoms with Crippen LogP contribution in [0, 0.1) is 0 Å². The van der Waals surface area contributed by atoms with Gasteiger partial charge >= 0.3 is 5.97 Å². The largest absolute Gasteiger partial charge is 0.466 e. The van der Waals surface area contributed by atoms with Crippen LogP contribution in [0.5, 0.6) is 0 Å². The Morgan fingerprint density at radius 1 is 1.33 bits per heavy atom. The number of carbonyl (C=O) groups excluding carboxylic acids is 1. The Kier molecular flexibility index (Phi) is 2.46. The minimum atomic E-state index is -1.06. The van der Waals surface area contributed by atoms with E-state index in [1.807, 2.05) is 30.3 Å². The Hall–Kier alpha value is -1.39. The summed E-state index contributed by atoms with van der Waals surface area (Å²) in [4.78, 5) is 11.6. The van der Waals surface area contributed by atoms with E-state index in [9.17, 15) is 4.79 Å². The molecule has 1 heterocycles. The first-order valence-electron chi connectivity index (χ1n) is 4.60. The van der Waals surface area contributed by atoms with Crippen LogP contribution in [0.4, 0.5) is 0 Å². The fraction of sp³-hybridized carbons (Fsp3) is 0.364. The van der Waals surface area contributed by atoms with E-state index in [-0.39, 0.29) is 0 Å². The van der Waals surface area contributed by atoms with Crippen LogP contribution in [0.1, 0.15) is 5.56 Å². The molecule has 1 aliphatic heterocycles. The van der Waals surface area contributed by atoms with E-state index in [0.29, 0.717) is 0 Å². The van der Waals surface area contributed by atoms with Gasteiger partial charge in [-0.1, -0.05) is 30.3 Å². The highest BCUT2D eigenvalue weighted by atomic mass is 16.8. The molecule has 0 N–H and O–H groups in total. The Labute approximate surface area is 87.8 Å². The van der Waals surface area contributed by atoms with Gasteiger partial charge in [-0.25, -0.2) is 4.79 Å². The van der Waals surface area contributed by atoms with Gasteiger partial charge in [-0.05, 0) is 0 Å². The summed E-state index contributed by atoms with van der Waals surface area (Å²) >= 11 is 0. The molecule has 0 amide bonds. The predicted molar refractivity (Wildman–Crippen MR) is 52.0 cm³/mol. The Bertz CT molecular complexity index is 362. The fourth-order valence-electron chi connectivity index (χ4n) is 1.65. The zero-order chi connectivity index (χ0) is 10.9. The molecule has 1 aromatic rings. The molecule has 80 valence electrons. The first kappa shape index (κ1) is 10.1. The smallest absolute Gasteiger partial charge is 0.348 e. The highest BCUT2D eigenvalue weighted by Gasteiger charge is 2.66. The molecular formula is C11H12O4. The molecule has 1 saturated heterocycles. The number of hydrogen-bond donors (Lipinski definition) is 0. The van der Waals surface area contributed by atoms with Gasteiger partial charge in [-0.2, -0.15) is 0 Å². The van der Waals surface area contributed by atoms with E-state index in [1.54, 1.807) is 0 Å². The van der Waals surface area contributed by atoms with Crippen LogP contribution >= 0.6 is 0 Å². The zero-order valence-electron chi connectivity index (χ0n) is 8.60. The van der Waals surface area contributed by atoms with E-state index < -0.39 is 17.9 Å². The van der Waals surface area contributed by atoms with Gasteiger partial charge < -0.3 is 14.2 Å². The number of hydrogen-bond acceptors (Lipinski definition) is 4. The number of esters is 1. The standard InChI is InChI=1S/C11H12O4/c1-13-9(12)11(10(14-2)15-11)8-6-4-3-5-7-8/h3-7,10H,1-2H3. The van der Waals surface area contributed by atoms with Gasteiger partial charge in [0.1, 0.15) is 0 Å². The van der Waals surface area contributed by atoms with Crippen molar-refractivity contribution in [1.29, 1.82) is 0 Å². The van der Waals surface area contributed by atoms with Crippen molar-refractivity contribution >= 4 is 5.97 Å². The van der Waals surface area contributed by atoms with Gasteiger partial charge in [0.2, 0.25) is 11.9 Å². The number of epoxide rings is 1. The maximum atomic E-state index is 11.6. The number of carbonyl (C=O) groups is 1. The van der Waals surface area contributed by atoms with Crippen LogP contribution in [-0.4, -0.2) is 26.5 Å². The minimum absolute atomic E-state index is 0.430. The van der Waals surface area contributed by atoms with Crippen molar-refractivity contribution in [3.8, 4) is 0 Å². The van der Waals surface area contributed by atoms with Crippen LogP contribution in [-0.2, 0) is 24.6 Å². The summed E-state index contributed by atoms with van der Waals surface area (Å²) < 4.78 is 15.0. The monoisotopic (exact) mass is 208 g/mol. The third-order valence-corrected chi connectivity index (χ3v) is 2.47. The highest BCUT2D eigenvalue weighted by Crippen LogP contribution is 2.47. The Morgan fingerprint density at radius 2 is 2.00 bits per heavy atom. The van der Waals surface area contributed by atoms with E-state index in [0.717, 1.165) is 5.56 Å². The number of methoxy groups -OCH3 is 2. The van der Waals surface area contributed by atoms with Crippen LogP contribution in [0.25, 0.3) is 0 Å². The quantitative estimate of drug-likeness (QED) is 0.550. The van der Waals surface area contributed by atoms with Gasteiger partial charge in [-0.3, -0.25) is 0 Å². The second kappa shape index (κ2) is 3.64. The topological polar surface area (TPSA) is 48.1 Å². The summed E-state index contributed by atoms with van der Waals surface area (Å²) in [6.07, 6.45) is -0.549. The molecule has 0 aliphatic carbocycles. The number of ether oxygens (including phenoxy) is 3. The van der Waals surface area contributed by atoms with Gasteiger partial charge in [0.25, 0.3) is 0 Å². The average molecular weight is 208 g/mol. The van der Waals surface area contributed by atoms with Gasteiger partial charge in [0, 0.05) is 12.7 Å². The molecule has 0 bridgehead atoms. The molecule has 4 heteroatoms. The summed E-state index contributed by atoms with van der Waals surface area (Å²) in [6, 6.07) is 9.19. The van der Waals surface area contributed by atoms with Crippen molar-refractivity contribution in [2.75, 3.05) is 14.2 Å². The summed E-state index contributed by atoms with van der Waals surface area (Å²) in [5, 5.41) is 0. The molecule has 1 fully saturated rings. The first-order chi connectivity index (χ1) is 7.25. The molecule has 2 atom stereocenters. The Morgan fingerprint density at radius 3 is 2.47 bits per heavy atom. The average Bonchev–Trinajstić information content (AvgIpc) is 3.05. The van der Waals surface area contributed by atoms with E-state index in [1.165, 1.54) is 14.2 Å². The molecule has 2 unspecified atom stereocenters. The van der Waals surface area contributed by atoms with Gasteiger partial charge in [0.15, 0.2) is 0 Å². The molecule has 0 saturated carbocycles. The van der Waals surface area contributed by atoms with Crippen molar-refractivity contribution in [3.05, 3.63) is 35.9 Å². The van der Waals surface area contributed by atoms with Crippen molar-refractivity contribution in [1.82, 2.24) is 0 Å². The van der Waals surface area contributed by atoms with Crippen molar-refractivity contribution in [2.45, 2.75) is 11.9 Å². The van der Waals surface area contributed by atoms with Crippen molar-refractivity contribution in [2.24, 2.45) is 0 Å². The number of rotatable bonds is 3. The molecule has 15 heavy (non-hydrogen) atoms. The lowest BCUT2D eigenvalue weighted by Gasteiger charge is -2.09. The normalized spacial score (nSPS) is 28.5. The van der Waals surface area contributed by atoms with E-state index >= 15 is 0 Å². The molecule has 0 spiro atoms. The second-order valence-electron chi connectivity index (χ2n) is 3.28. The fourth-order valence-corrected chi connectivity index (χ4v) is 1.65. The lowest BCUT2D eigenvalue weighted by molar-refractivity contribution is -0.147. The number of benzene rings is 1. The van der Waals surface area contributed by atoms with Crippen LogP contribution < -0.4 is 0 Å². The third kappa shape index (κ3) is 1.42. The van der Waals surface area contributed by atoms with Gasteiger partial charge in [-0.15, -0.1) is 0 Å². The lowest BCUT2D eigenvalue weighted by Crippen LogP contribution is -2.27. The second-order valence-corrected chi connectivity index (χ2v) is 3.28. The molecule has 0 aromatic heterocycles. The van der Waals surface area contributed by atoms with Crippen molar-refractivity contribution < 1.29 is 19.0 Å². The molecule has 0 radical (unpaired) electrons. The van der Waals surface area contributed by atoms with Crippen LogP contribution in [0.2, 0.25) is 0 Å². The zero-order valence-corrected chi connectivity index (χ0v) is 8.60. The highest BCUT2D eigenvalue weighted by molar-refractivity contribution is 5.84. The van der Waals surface area contributed by atoms with Gasteiger partial charge in [0.05, 0.1) is 7.11 Å².